The predicted octanol–water partition coefficient (Wildman–Crippen LogP) is 2.86. The van der Waals surface area contributed by atoms with Crippen molar-refractivity contribution >= 4 is 32.7 Å². The first-order chi connectivity index (χ1) is 6.77. The summed E-state index contributed by atoms with van der Waals surface area (Å²) >= 11 is 1.50. The number of nitrogen functional groups attached to an aromatic ring is 1. The molecule has 0 saturated carbocycles. The number of thiophene rings is 1. The Bertz CT molecular complexity index is 487. The Morgan fingerprint density at radius 2 is 2.29 bits per heavy atom. The van der Waals surface area contributed by atoms with Crippen LogP contribution < -0.4 is 5.73 Å². The van der Waals surface area contributed by atoms with Gasteiger partial charge in [0, 0.05) is 10.3 Å². The highest BCUT2D eigenvalue weighted by Gasteiger charge is 2.10. The first kappa shape index (κ1) is 9.21. The molecule has 0 aliphatic carbocycles. The molecule has 3 heteroatoms. The Morgan fingerprint density at radius 1 is 1.50 bits per heavy atom. The second-order valence-corrected chi connectivity index (χ2v) is 4.19. The number of carbonyl (C=O) groups excluding carboxylic acids is 1. The Hall–Kier alpha value is -1.35. The van der Waals surface area contributed by atoms with E-state index in [1.54, 1.807) is 0 Å². The minimum Gasteiger partial charge on any atom is -0.390 e. The van der Waals surface area contributed by atoms with Gasteiger partial charge in [-0.25, -0.2) is 0 Å². The molecule has 0 radical (unpaired) electrons. The number of nitrogens with two attached hydrogens (primary N) is 1. The molecule has 0 aliphatic rings. The van der Waals surface area contributed by atoms with Crippen molar-refractivity contribution in [2.45, 2.75) is 13.3 Å². The van der Waals surface area contributed by atoms with E-state index in [1.807, 2.05) is 18.2 Å². The standard InChI is InChI=1S/C11H11NOS/c1-2-8-9-5-3-4-7(6-13)10(9)14-11(8)12/h3-6H,2,12H2,1H3. The second-order valence-electron chi connectivity index (χ2n) is 3.14. The van der Waals surface area contributed by atoms with E-state index in [1.165, 1.54) is 11.3 Å². The lowest BCUT2D eigenvalue weighted by Gasteiger charge is -1.96. The van der Waals surface area contributed by atoms with Gasteiger partial charge in [0.1, 0.15) is 0 Å². The predicted molar refractivity (Wildman–Crippen MR) is 61.0 cm³/mol. The van der Waals surface area contributed by atoms with Crippen LogP contribution in [0.4, 0.5) is 5.00 Å². The number of anilines is 1. The zero-order chi connectivity index (χ0) is 10.1. The molecule has 0 saturated heterocycles. The molecule has 2 N–H and O–H groups in total. The third kappa shape index (κ3) is 1.21. The fourth-order valence-electron chi connectivity index (χ4n) is 1.67. The van der Waals surface area contributed by atoms with Crippen LogP contribution in [0.2, 0.25) is 0 Å². The first-order valence-corrected chi connectivity index (χ1v) is 5.34. The van der Waals surface area contributed by atoms with Crippen LogP contribution in [0.15, 0.2) is 18.2 Å². The van der Waals surface area contributed by atoms with E-state index in [4.69, 9.17) is 5.73 Å². The molecule has 0 spiro atoms. The molecule has 1 aromatic carbocycles. The van der Waals surface area contributed by atoms with Crippen molar-refractivity contribution in [3.8, 4) is 0 Å². The molecule has 0 atom stereocenters. The number of carbonyl (C=O) groups is 1. The third-order valence-electron chi connectivity index (χ3n) is 2.36. The minimum absolute atomic E-state index is 0.735. The summed E-state index contributed by atoms with van der Waals surface area (Å²) in [6.45, 7) is 2.07. The molecule has 0 fully saturated rings. The molecule has 72 valence electrons. The van der Waals surface area contributed by atoms with E-state index >= 15 is 0 Å². The van der Waals surface area contributed by atoms with E-state index in [-0.39, 0.29) is 0 Å². The van der Waals surface area contributed by atoms with Crippen molar-refractivity contribution in [2.24, 2.45) is 0 Å². The fourth-order valence-corrected chi connectivity index (χ4v) is 2.80. The van der Waals surface area contributed by atoms with Gasteiger partial charge in [-0.1, -0.05) is 25.1 Å². The summed E-state index contributed by atoms with van der Waals surface area (Å²) in [6.07, 6.45) is 1.80. The molecule has 0 aliphatic heterocycles. The summed E-state index contributed by atoms with van der Waals surface area (Å²) in [5.74, 6) is 0. The van der Waals surface area contributed by atoms with Crippen LogP contribution in [0.3, 0.4) is 0 Å². The summed E-state index contributed by atoms with van der Waals surface area (Å²) in [4.78, 5) is 10.8. The van der Waals surface area contributed by atoms with Gasteiger partial charge < -0.3 is 5.73 Å². The van der Waals surface area contributed by atoms with E-state index in [0.29, 0.717) is 0 Å². The topological polar surface area (TPSA) is 43.1 Å². The van der Waals surface area contributed by atoms with Crippen LogP contribution in [0.5, 0.6) is 0 Å². The lowest BCUT2D eigenvalue weighted by Crippen LogP contribution is -1.86. The van der Waals surface area contributed by atoms with Crippen molar-refractivity contribution < 1.29 is 4.79 Å². The van der Waals surface area contributed by atoms with Crippen LogP contribution in [0, 0.1) is 0 Å². The van der Waals surface area contributed by atoms with Crippen molar-refractivity contribution in [3.63, 3.8) is 0 Å². The lowest BCUT2D eigenvalue weighted by molar-refractivity contribution is 0.112. The SMILES string of the molecule is CCc1c(N)sc2c(C=O)cccc12. The van der Waals surface area contributed by atoms with E-state index in [2.05, 4.69) is 6.92 Å². The number of hydrogen-bond acceptors (Lipinski definition) is 3. The zero-order valence-corrected chi connectivity index (χ0v) is 8.73. The maximum absolute atomic E-state index is 10.8. The number of aldehydes is 1. The van der Waals surface area contributed by atoms with Crippen LogP contribution in [0.25, 0.3) is 10.1 Å². The highest BCUT2D eigenvalue weighted by atomic mass is 32.1. The van der Waals surface area contributed by atoms with Crippen molar-refractivity contribution in [3.05, 3.63) is 29.3 Å². The quantitative estimate of drug-likeness (QED) is 0.766. The van der Waals surface area contributed by atoms with Gasteiger partial charge >= 0.3 is 0 Å². The molecule has 14 heavy (non-hydrogen) atoms. The second kappa shape index (κ2) is 3.42. The summed E-state index contributed by atoms with van der Waals surface area (Å²) in [7, 11) is 0. The van der Waals surface area contributed by atoms with Gasteiger partial charge in [0.25, 0.3) is 0 Å². The lowest BCUT2D eigenvalue weighted by atomic mass is 10.1. The Morgan fingerprint density at radius 3 is 2.93 bits per heavy atom. The van der Waals surface area contributed by atoms with Crippen LogP contribution >= 0.6 is 11.3 Å². The largest absolute Gasteiger partial charge is 0.390 e. The number of rotatable bonds is 2. The average molecular weight is 205 g/mol. The molecule has 1 aromatic heterocycles. The number of aryl methyl sites for hydroxylation is 1. The molecule has 2 aromatic rings. The van der Waals surface area contributed by atoms with E-state index in [0.717, 1.165) is 38.9 Å². The molecule has 0 amide bonds. The van der Waals surface area contributed by atoms with Crippen LogP contribution in [-0.4, -0.2) is 6.29 Å². The number of hydrogen-bond donors (Lipinski definition) is 1. The molecule has 0 unspecified atom stereocenters. The molecule has 1 heterocycles. The minimum atomic E-state index is 0.735. The first-order valence-electron chi connectivity index (χ1n) is 4.53. The smallest absolute Gasteiger partial charge is 0.151 e. The monoisotopic (exact) mass is 205 g/mol. The van der Waals surface area contributed by atoms with Gasteiger partial charge in [0.2, 0.25) is 0 Å². The van der Waals surface area contributed by atoms with Gasteiger partial charge in [-0.15, -0.1) is 11.3 Å². The van der Waals surface area contributed by atoms with Crippen LogP contribution in [-0.2, 0) is 6.42 Å². The maximum atomic E-state index is 10.8. The summed E-state index contributed by atoms with van der Waals surface area (Å²) < 4.78 is 1.01. The molecule has 0 bridgehead atoms. The zero-order valence-electron chi connectivity index (χ0n) is 7.91. The summed E-state index contributed by atoms with van der Waals surface area (Å²) in [5, 5.41) is 1.96. The Balaban J connectivity index is 2.85. The summed E-state index contributed by atoms with van der Waals surface area (Å²) in [5.41, 5.74) is 7.79. The number of benzene rings is 1. The Labute approximate surface area is 86.3 Å². The van der Waals surface area contributed by atoms with Crippen molar-refractivity contribution in [1.29, 1.82) is 0 Å². The van der Waals surface area contributed by atoms with Gasteiger partial charge in [0.05, 0.1) is 5.00 Å². The fraction of sp³-hybridized carbons (Fsp3) is 0.182. The van der Waals surface area contributed by atoms with Gasteiger partial charge in [-0.3, -0.25) is 4.79 Å². The highest BCUT2D eigenvalue weighted by molar-refractivity contribution is 7.23. The molecular formula is C11H11NOS. The molecule has 2 rings (SSSR count). The van der Waals surface area contributed by atoms with Gasteiger partial charge in [0.15, 0.2) is 6.29 Å². The van der Waals surface area contributed by atoms with Crippen molar-refractivity contribution in [1.82, 2.24) is 0 Å². The van der Waals surface area contributed by atoms with Crippen molar-refractivity contribution in [2.75, 3.05) is 5.73 Å². The highest BCUT2D eigenvalue weighted by Crippen LogP contribution is 2.35. The number of fused-ring (bicyclic) bond motifs is 1. The normalized spacial score (nSPS) is 10.6. The third-order valence-corrected chi connectivity index (χ3v) is 3.49. The van der Waals surface area contributed by atoms with E-state index in [9.17, 15) is 4.79 Å². The van der Waals surface area contributed by atoms with Crippen LogP contribution in [0.1, 0.15) is 22.8 Å². The average Bonchev–Trinajstić information content (AvgIpc) is 2.52. The Kier molecular flexibility index (Phi) is 2.25. The van der Waals surface area contributed by atoms with E-state index < -0.39 is 0 Å². The molecular weight excluding hydrogens is 194 g/mol. The van der Waals surface area contributed by atoms with Gasteiger partial charge in [-0.05, 0) is 17.4 Å². The summed E-state index contributed by atoms with van der Waals surface area (Å²) in [6, 6.07) is 5.75. The molecule has 2 nitrogen and oxygen atoms in total. The van der Waals surface area contributed by atoms with Gasteiger partial charge in [-0.2, -0.15) is 0 Å². The maximum Gasteiger partial charge on any atom is 0.151 e.